The zero-order chi connectivity index (χ0) is 20.4. The second-order valence-corrected chi connectivity index (χ2v) is 8.83. The number of Topliss-reactive ketones (excluding diaryl/α,β-unsaturated/α-hetero) is 1. The highest BCUT2D eigenvalue weighted by Crippen LogP contribution is 2.24. The van der Waals surface area contributed by atoms with Crippen LogP contribution >= 0.6 is 11.8 Å². The van der Waals surface area contributed by atoms with E-state index in [1.165, 1.54) is 18.2 Å². The first-order chi connectivity index (χ1) is 13.5. The Hall–Kier alpha value is -1.41. The lowest BCUT2D eigenvalue weighted by molar-refractivity contribution is -0.126. The molecule has 8 heteroatoms. The Morgan fingerprint density at radius 3 is 2.64 bits per heavy atom. The molecule has 1 aliphatic carbocycles. The van der Waals surface area contributed by atoms with Crippen molar-refractivity contribution in [2.24, 2.45) is 5.92 Å². The highest BCUT2D eigenvalue weighted by atomic mass is 32.2. The molecule has 7 nitrogen and oxygen atoms in total. The van der Waals surface area contributed by atoms with E-state index in [1.54, 1.807) is 0 Å². The van der Waals surface area contributed by atoms with Crippen LogP contribution < -0.4 is 5.32 Å². The number of rotatable bonds is 12. The fourth-order valence-corrected chi connectivity index (χ4v) is 4.07. The van der Waals surface area contributed by atoms with E-state index < -0.39 is 6.04 Å². The van der Waals surface area contributed by atoms with Crippen molar-refractivity contribution in [1.82, 2.24) is 20.4 Å². The van der Waals surface area contributed by atoms with Crippen molar-refractivity contribution in [3.8, 4) is 0 Å². The minimum absolute atomic E-state index is 0.000145. The Morgan fingerprint density at radius 2 is 1.96 bits per heavy atom. The first kappa shape index (κ1) is 22.9. The van der Waals surface area contributed by atoms with Gasteiger partial charge in [0.2, 0.25) is 11.7 Å². The quantitative estimate of drug-likeness (QED) is 0.320. The minimum Gasteiger partial charge on any atom is -0.408 e. The minimum atomic E-state index is -0.582. The molecule has 1 aromatic heterocycles. The van der Waals surface area contributed by atoms with Crippen LogP contribution in [-0.2, 0) is 4.79 Å². The van der Waals surface area contributed by atoms with E-state index in [-0.39, 0.29) is 23.5 Å². The number of ketones is 1. The number of hydrogen-bond acceptors (Lipinski definition) is 7. The zero-order valence-corrected chi connectivity index (χ0v) is 18.2. The molecule has 0 aliphatic heterocycles. The largest absolute Gasteiger partial charge is 0.408 e. The molecule has 1 heterocycles. The molecule has 1 amide bonds. The van der Waals surface area contributed by atoms with Crippen molar-refractivity contribution in [2.75, 3.05) is 26.4 Å². The van der Waals surface area contributed by atoms with E-state index in [1.807, 2.05) is 14.1 Å². The van der Waals surface area contributed by atoms with E-state index >= 15 is 0 Å². The Bertz CT molecular complexity index is 614. The summed E-state index contributed by atoms with van der Waals surface area (Å²) >= 11 is 1.46. The predicted octanol–water partition coefficient (Wildman–Crippen LogP) is 3.55. The summed E-state index contributed by atoms with van der Waals surface area (Å²) in [4.78, 5) is 27.6. The molecule has 1 atom stereocenters. The number of hydrogen-bond donors (Lipinski definition) is 1. The van der Waals surface area contributed by atoms with Gasteiger partial charge >= 0.3 is 0 Å². The molecule has 0 bridgehead atoms. The molecule has 1 aliphatic rings. The van der Waals surface area contributed by atoms with Gasteiger partial charge in [0.05, 0.1) is 6.04 Å². The van der Waals surface area contributed by atoms with E-state index in [4.69, 9.17) is 4.42 Å². The molecular weight excluding hydrogens is 376 g/mol. The fraction of sp³-hybridized carbons (Fsp3) is 0.800. The maximum absolute atomic E-state index is 12.9. The fourth-order valence-electron chi connectivity index (χ4n) is 3.39. The van der Waals surface area contributed by atoms with Crippen molar-refractivity contribution in [1.29, 1.82) is 0 Å². The normalized spacial score (nSPS) is 16.3. The molecule has 2 rings (SSSR count). The van der Waals surface area contributed by atoms with Gasteiger partial charge in [-0.3, -0.25) is 9.59 Å². The SMILES string of the molecule is CCCCC(NC(=O)C1CCCCC1)C(=O)c1nnc(SCCCN(C)C)o1. The Labute approximate surface area is 172 Å². The lowest BCUT2D eigenvalue weighted by atomic mass is 9.88. The van der Waals surface area contributed by atoms with Gasteiger partial charge < -0.3 is 14.6 Å². The van der Waals surface area contributed by atoms with Gasteiger partial charge in [-0.25, -0.2) is 0 Å². The van der Waals surface area contributed by atoms with Gasteiger partial charge in [0, 0.05) is 11.7 Å². The summed E-state index contributed by atoms with van der Waals surface area (Å²) in [5.41, 5.74) is 0. The van der Waals surface area contributed by atoms with Crippen molar-refractivity contribution >= 4 is 23.5 Å². The summed E-state index contributed by atoms with van der Waals surface area (Å²) in [7, 11) is 4.07. The van der Waals surface area contributed by atoms with E-state index in [2.05, 4.69) is 27.3 Å². The van der Waals surface area contributed by atoms with Crippen LogP contribution in [0.25, 0.3) is 0 Å². The Kier molecular flexibility index (Phi) is 9.98. The first-order valence-electron chi connectivity index (χ1n) is 10.5. The number of aromatic nitrogens is 2. The third kappa shape index (κ3) is 7.54. The average Bonchev–Trinajstić information content (AvgIpc) is 3.17. The predicted molar refractivity (Wildman–Crippen MR) is 111 cm³/mol. The third-order valence-electron chi connectivity index (χ3n) is 5.05. The van der Waals surface area contributed by atoms with Gasteiger partial charge in [0.25, 0.3) is 11.1 Å². The van der Waals surface area contributed by atoms with Crippen LogP contribution in [0.15, 0.2) is 9.64 Å². The summed E-state index contributed by atoms with van der Waals surface area (Å²) in [5.74, 6) is 0.597. The van der Waals surface area contributed by atoms with Crippen LogP contribution in [0.5, 0.6) is 0 Å². The van der Waals surface area contributed by atoms with Gasteiger partial charge in [-0.05, 0) is 46.3 Å². The number of nitrogens with zero attached hydrogens (tertiary/aromatic N) is 3. The molecule has 0 radical (unpaired) electrons. The average molecular weight is 411 g/mol. The molecule has 0 aromatic carbocycles. The molecule has 28 heavy (non-hydrogen) atoms. The number of nitrogens with one attached hydrogen (secondary N) is 1. The van der Waals surface area contributed by atoms with Crippen molar-refractivity contribution in [3.63, 3.8) is 0 Å². The summed E-state index contributed by atoms with van der Waals surface area (Å²) in [5, 5.41) is 11.3. The van der Waals surface area contributed by atoms with Crippen LogP contribution in [0, 0.1) is 5.92 Å². The van der Waals surface area contributed by atoms with Crippen LogP contribution in [0.2, 0.25) is 0 Å². The van der Waals surface area contributed by atoms with Gasteiger partial charge in [0.1, 0.15) is 0 Å². The maximum atomic E-state index is 12.9. The standard InChI is InChI=1S/C20H34N4O3S/c1-4-5-12-16(21-18(26)15-10-7-6-8-11-15)17(25)19-22-23-20(27-19)28-14-9-13-24(2)3/h15-16H,4-14H2,1-3H3,(H,21,26). The Morgan fingerprint density at radius 1 is 1.21 bits per heavy atom. The number of carbonyl (C=O) groups is 2. The molecule has 1 aromatic rings. The molecule has 0 saturated heterocycles. The highest BCUT2D eigenvalue weighted by Gasteiger charge is 2.29. The lowest BCUT2D eigenvalue weighted by Gasteiger charge is -2.23. The van der Waals surface area contributed by atoms with Crippen molar-refractivity contribution in [3.05, 3.63) is 5.89 Å². The number of amides is 1. The molecule has 1 N–H and O–H groups in total. The van der Waals surface area contributed by atoms with Crippen molar-refractivity contribution in [2.45, 2.75) is 76.0 Å². The Balaban J connectivity index is 1.93. The summed E-state index contributed by atoms with van der Waals surface area (Å²) in [6.45, 7) is 3.05. The summed E-state index contributed by atoms with van der Waals surface area (Å²) < 4.78 is 5.57. The molecule has 1 fully saturated rings. The van der Waals surface area contributed by atoms with Crippen LogP contribution in [0.3, 0.4) is 0 Å². The van der Waals surface area contributed by atoms with Crippen molar-refractivity contribution < 1.29 is 14.0 Å². The number of thioether (sulfide) groups is 1. The van der Waals surface area contributed by atoms with E-state index in [0.717, 1.165) is 57.2 Å². The second-order valence-electron chi connectivity index (χ2n) is 7.78. The summed E-state index contributed by atoms with van der Waals surface area (Å²) in [6.07, 6.45) is 8.61. The summed E-state index contributed by atoms with van der Waals surface area (Å²) in [6, 6.07) is -0.582. The lowest BCUT2D eigenvalue weighted by Crippen LogP contribution is -2.44. The number of carbonyl (C=O) groups excluding carboxylic acids is 2. The topological polar surface area (TPSA) is 88.3 Å². The molecule has 158 valence electrons. The third-order valence-corrected chi connectivity index (χ3v) is 5.95. The number of unbranched alkanes of at least 4 members (excludes halogenated alkanes) is 1. The van der Waals surface area contributed by atoms with Gasteiger partial charge in [-0.2, -0.15) is 0 Å². The second kappa shape index (κ2) is 12.2. The van der Waals surface area contributed by atoms with Gasteiger partial charge in [-0.1, -0.05) is 50.8 Å². The highest BCUT2D eigenvalue weighted by molar-refractivity contribution is 7.99. The van der Waals surface area contributed by atoms with Gasteiger partial charge in [0.15, 0.2) is 0 Å². The first-order valence-corrected chi connectivity index (χ1v) is 11.5. The molecule has 0 spiro atoms. The molecular formula is C20H34N4O3S. The van der Waals surface area contributed by atoms with E-state index in [9.17, 15) is 9.59 Å². The van der Waals surface area contributed by atoms with Crippen LogP contribution in [0.1, 0.15) is 75.4 Å². The zero-order valence-electron chi connectivity index (χ0n) is 17.4. The maximum Gasteiger partial charge on any atom is 0.286 e. The molecule has 1 unspecified atom stereocenters. The molecule has 1 saturated carbocycles. The van der Waals surface area contributed by atoms with E-state index in [0.29, 0.717) is 11.6 Å². The van der Waals surface area contributed by atoms with Crippen LogP contribution in [0.4, 0.5) is 0 Å². The van der Waals surface area contributed by atoms with Crippen LogP contribution in [-0.4, -0.2) is 59.2 Å². The monoisotopic (exact) mass is 410 g/mol. The smallest absolute Gasteiger partial charge is 0.286 e. The van der Waals surface area contributed by atoms with Gasteiger partial charge in [-0.15, -0.1) is 10.2 Å².